The number of nitrogens with one attached hydrogen (secondary N) is 3. The third-order valence-electron chi connectivity index (χ3n) is 3.18. The summed E-state index contributed by atoms with van der Waals surface area (Å²) in [6.45, 7) is 0. The molecule has 3 aromatic rings. The maximum Gasteiger partial charge on any atom is 0.281 e. The van der Waals surface area contributed by atoms with Crippen LogP contribution < -0.4 is 21.8 Å². The monoisotopic (exact) mass is 358 g/mol. The van der Waals surface area contributed by atoms with Gasteiger partial charge in [-0.15, -0.1) is 0 Å². The van der Waals surface area contributed by atoms with Crippen LogP contribution in [0.5, 0.6) is 0 Å². The van der Waals surface area contributed by atoms with Crippen molar-refractivity contribution in [3.05, 3.63) is 74.3 Å². The maximum atomic E-state index is 12.2. The molecule has 0 aliphatic carbocycles. The van der Waals surface area contributed by atoms with Crippen LogP contribution in [0.25, 0.3) is 10.8 Å². The number of aromatic nitrogens is 2. The van der Waals surface area contributed by atoms with Crippen LogP contribution in [0.4, 0.5) is 11.6 Å². The lowest BCUT2D eigenvalue weighted by molar-refractivity contribution is 1.17. The van der Waals surface area contributed by atoms with Gasteiger partial charge in [-0.25, -0.2) is 0 Å². The number of halogens is 1. The number of hydrogen-bond acceptors (Lipinski definition) is 4. The van der Waals surface area contributed by atoms with Crippen LogP contribution in [0, 0.1) is 0 Å². The molecule has 3 N–H and O–H groups in total. The van der Waals surface area contributed by atoms with Gasteiger partial charge in [-0.1, -0.05) is 23.7 Å². The lowest BCUT2D eigenvalue weighted by Gasteiger charge is -2.08. The summed E-state index contributed by atoms with van der Waals surface area (Å²) in [7, 11) is 0. The highest BCUT2D eigenvalue weighted by atomic mass is 35.5. The molecule has 0 fully saturated rings. The summed E-state index contributed by atoms with van der Waals surface area (Å²) in [4.78, 5) is 30.7. The Morgan fingerprint density at radius 1 is 1.00 bits per heavy atom. The number of benzene rings is 2. The summed E-state index contributed by atoms with van der Waals surface area (Å²) < 4.78 is 0. The lowest BCUT2D eigenvalue weighted by atomic mass is 10.2. The largest absolute Gasteiger partial charge is 0.332 e. The molecule has 0 amide bonds. The van der Waals surface area contributed by atoms with Crippen molar-refractivity contribution < 1.29 is 0 Å². The van der Waals surface area contributed by atoms with Gasteiger partial charge in [-0.2, -0.15) is 4.98 Å². The Labute approximate surface area is 146 Å². The molecule has 2 aromatic carbocycles. The van der Waals surface area contributed by atoms with Gasteiger partial charge in [-0.3, -0.25) is 14.6 Å². The van der Waals surface area contributed by atoms with E-state index in [2.05, 4.69) is 20.6 Å². The summed E-state index contributed by atoms with van der Waals surface area (Å²) in [5.74, 6) is -0.0346. The summed E-state index contributed by atoms with van der Waals surface area (Å²) in [5.41, 5.74) is -0.259. The molecular formula is C16H11ClN4O2S. The molecule has 0 saturated heterocycles. The smallest absolute Gasteiger partial charge is 0.281 e. The van der Waals surface area contributed by atoms with Crippen molar-refractivity contribution in [1.82, 2.24) is 9.97 Å². The van der Waals surface area contributed by atoms with E-state index in [0.29, 0.717) is 10.7 Å². The molecule has 0 bridgehead atoms. The summed E-state index contributed by atoms with van der Waals surface area (Å²) in [6.07, 6.45) is 0. The van der Waals surface area contributed by atoms with Gasteiger partial charge < -0.3 is 10.6 Å². The van der Waals surface area contributed by atoms with E-state index in [0.717, 1.165) is 0 Å². The highest BCUT2D eigenvalue weighted by Crippen LogP contribution is 2.13. The Morgan fingerprint density at radius 2 is 1.67 bits per heavy atom. The van der Waals surface area contributed by atoms with Crippen LogP contribution in [0.3, 0.4) is 0 Å². The van der Waals surface area contributed by atoms with Crippen LogP contribution in [0.1, 0.15) is 0 Å². The van der Waals surface area contributed by atoms with E-state index in [9.17, 15) is 9.59 Å². The Balaban J connectivity index is 1.90. The molecule has 1 heterocycles. The molecule has 120 valence electrons. The minimum absolute atomic E-state index is 0.0346. The van der Waals surface area contributed by atoms with Crippen LogP contribution in [-0.2, 0) is 0 Å². The van der Waals surface area contributed by atoms with Crippen LogP contribution in [-0.4, -0.2) is 15.1 Å². The van der Waals surface area contributed by atoms with Crippen molar-refractivity contribution >= 4 is 51.3 Å². The zero-order valence-electron chi connectivity index (χ0n) is 12.2. The van der Waals surface area contributed by atoms with Gasteiger partial charge in [0.2, 0.25) is 5.95 Å². The average molecular weight is 359 g/mol. The third-order valence-corrected chi connectivity index (χ3v) is 3.64. The second kappa shape index (κ2) is 6.77. The molecule has 6 nitrogen and oxygen atoms in total. The Morgan fingerprint density at radius 3 is 2.38 bits per heavy atom. The summed E-state index contributed by atoms with van der Waals surface area (Å²) in [6, 6.07) is 13.4. The van der Waals surface area contributed by atoms with E-state index in [1.807, 2.05) is 0 Å². The lowest BCUT2D eigenvalue weighted by Crippen LogP contribution is -2.22. The fraction of sp³-hybridized carbons (Fsp3) is 0. The van der Waals surface area contributed by atoms with Crippen LogP contribution in [0.2, 0.25) is 5.02 Å². The second-order valence-corrected chi connectivity index (χ2v) is 5.70. The van der Waals surface area contributed by atoms with Gasteiger partial charge in [0, 0.05) is 10.7 Å². The van der Waals surface area contributed by atoms with Crippen molar-refractivity contribution in [2.45, 2.75) is 0 Å². The van der Waals surface area contributed by atoms with Crippen LogP contribution in [0.15, 0.2) is 58.1 Å². The first-order valence-corrected chi connectivity index (χ1v) is 7.68. The van der Waals surface area contributed by atoms with E-state index < -0.39 is 11.1 Å². The normalized spacial score (nSPS) is 10.4. The molecule has 0 radical (unpaired) electrons. The standard InChI is InChI=1S/C16H11ClN4O2S/c17-9-5-7-10(8-6-9)18-16(24)21-15-19-13(22)11-3-1-2-4-12(11)14(23)20-15/h1-8H,(H3,18,19,20,21,22,23,24). The van der Waals surface area contributed by atoms with Crippen molar-refractivity contribution in [3.8, 4) is 0 Å². The maximum absolute atomic E-state index is 12.2. The first-order chi connectivity index (χ1) is 11.5. The zero-order chi connectivity index (χ0) is 17.1. The topological polar surface area (TPSA) is 86.9 Å². The molecular weight excluding hydrogens is 348 g/mol. The van der Waals surface area contributed by atoms with Gasteiger partial charge in [0.05, 0.1) is 10.8 Å². The number of aromatic amines is 1. The molecule has 0 spiro atoms. The highest BCUT2D eigenvalue weighted by molar-refractivity contribution is 7.80. The molecule has 3 rings (SSSR count). The SMILES string of the molecule is O=c1nc(NC(=S)Nc2ccc(Cl)cc2)[nH]c(=O)c2ccccc12. The van der Waals surface area contributed by atoms with Crippen molar-refractivity contribution in [1.29, 1.82) is 0 Å². The molecule has 0 saturated carbocycles. The van der Waals surface area contributed by atoms with Crippen molar-refractivity contribution in [2.24, 2.45) is 0 Å². The first-order valence-electron chi connectivity index (χ1n) is 6.90. The Kier molecular flexibility index (Phi) is 4.54. The fourth-order valence-corrected chi connectivity index (χ4v) is 2.44. The number of thiocarbonyl (C=S) groups is 1. The number of H-pyrrole nitrogens is 1. The molecule has 0 atom stereocenters. The first kappa shape index (κ1) is 16.1. The molecule has 1 aromatic heterocycles. The minimum Gasteiger partial charge on any atom is -0.332 e. The molecule has 8 heteroatoms. The quantitative estimate of drug-likeness (QED) is 0.611. The predicted octanol–water partition coefficient (Wildman–Crippen LogP) is 2.75. The zero-order valence-corrected chi connectivity index (χ0v) is 13.7. The molecule has 0 aliphatic rings. The number of anilines is 2. The highest BCUT2D eigenvalue weighted by Gasteiger charge is 2.06. The Bertz CT molecular complexity index is 982. The summed E-state index contributed by atoms with van der Waals surface area (Å²) in [5, 5.41) is 6.89. The third kappa shape index (κ3) is 3.58. The van der Waals surface area contributed by atoms with Gasteiger partial charge in [0.25, 0.3) is 11.1 Å². The minimum atomic E-state index is -0.527. The fourth-order valence-electron chi connectivity index (χ4n) is 2.09. The van der Waals surface area contributed by atoms with E-state index in [-0.39, 0.29) is 21.8 Å². The van der Waals surface area contributed by atoms with E-state index in [4.69, 9.17) is 23.8 Å². The van der Waals surface area contributed by atoms with E-state index >= 15 is 0 Å². The average Bonchev–Trinajstić information content (AvgIpc) is 2.67. The number of fused-ring (bicyclic) bond motifs is 1. The molecule has 24 heavy (non-hydrogen) atoms. The van der Waals surface area contributed by atoms with E-state index in [1.165, 1.54) is 0 Å². The Hall–Kier alpha value is -2.77. The number of hydrogen-bond donors (Lipinski definition) is 3. The van der Waals surface area contributed by atoms with Gasteiger partial charge in [-0.05, 0) is 48.6 Å². The van der Waals surface area contributed by atoms with E-state index in [1.54, 1.807) is 48.5 Å². The van der Waals surface area contributed by atoms with Gasteiger partial charge in [0.15, 0.2) is 5.11 Å². The predicted molar refractivity (Wildman–Crippen MR) is 99.9 cm³/mol. The van der Waals surface area contributed by atoms with Crippen LogP contribution >= 0.6 is 23.8 Å². The summed E-state index contributed by atoms with van der Waals surface area (Å²) >= 11 is 11.0. The number of nitrogens with zero attached hydrogens (tertiary/aromatic N) is 1. The molecule has 0 unspecified atom stereocenters. The number of rotatable bonds is 2. The van der Waals surface area contributed by atoms with Crippen molar-refractivity contribution in [2.75, 3.05) is 10.6 Å². The van der Waals surface area contributed by atoms with Gasteiger partial charge >= 0.3 is 0 Å². The van der Waals surface area contributed by atoms with Crippen molar-refractivity contribution in [3.63, 3.8) is 0 Å². The van der Waals surface area contributed by atoms with Gasteiger partial charge in [0.1, 0.15) is 0 Å². The molecule has 0 aliphatic heterocycles. The second-order valence-electron chi connectivity index (χ2n) is 4.85.